The molecule has 1 heterocycles. The molecule has 1 aliphatic heterocycles. The summed E-state index contributed by atoms with van der Waals surface area (Å²) in [7, 11) is 0. The van der Waals surface area contributed by atoms with Gasteiger partial charge in [0.05, 0.1) is 11.4 Å². The second-order valence-electron chi connectivity index (χ2n) is 4.05. The van der Waals surface area contributed by atoms with Crippen LogP contribution in [-0.2, 0) is 0 Å². The zero-order chi connectivity index (χ0) is 11.8. The molecule has 0 unspecified atom stereocenters. The summed E-state index contributed by atoms with van der Waals surface area (Å²) in [5.41, 5.74) is 7.33. The lowest BCUT2D eigenvalue weighted by molar-refractivity contribution is -0.0220. The lowest BCUT2D eigenvalue weighted by atomic mass is 10.1. The number of nitrogens with zero attached hydrogens (tertiary/aromatic N) is 1. The minimum Gasteiger partial charge on any atom is -0.397 e. The van der Waals surface area contributed by atoms with Crippen molar-refractivity contribution < 1.29 is 8.78 Å². The minimum absolute atomic E-state index is 0.0947. The van der Waals surface area contributed by atoms with E-state index >= 15 is 0 Å². The molecule has 2 rings (SSSR count). The van der Waals surface area contributed by atoms with E-state index in [1.807, 2.05) is 17.0 Å². The number of hydrogen-bond acceptors (Lipinski definition) is 2. The molecule has 1 aromatic rings. The molecule has 2 nitrogen and oxygen atoms in total. The number of nitrogen functional groups attached to an aromatic ring is 1. The zero-order valence-electron chi connectivity index (χ0n) is 8.72. The molecule has 0 aromatic heterocycles. The van der Waals surface area contributed by atoms with Crippen molar-refractivity contribution in [2.24, 2.45) is 0 Å². The lowest BCUT2D eigenvalue weighted by Crippen LogP contribution is -2.39. The molecule has 88 valence electrons. The summed E-state index contributed by atoms with van der Waals surface area (Å²) in [5, 5.41) is 0. The fraction of sp³-hybridized carbons (Fsp3) is 0.455. The second kappa shape index (κ2) is 4.20. The van der Waals surface area contributed by atoms with Crippen LogP contribution in [0.5, 0.6) is 0 Å². The van der Waals surface area contributed by atoms with Crippen molar-refractivity contribution in [2.75, 3.05) is 23.7 Å². The van der Waals surface area contributed by atoms with Crippen molar-refractivity contribution >= 4 is 27.3 Å². The van der Waals surface area contributed by atoms with Crippen LogP contribution in [-0.4, -0.2) is 19.0 Å². The maximum absolute atomic E-state index is 13.0. The smallest absolute Gasteiger partial charge is 0.251 e. The average molecular weight is 291 g/mol. The summed E-state index contributed by atoms with van der Waals surface area (Å²) in [6, 6.07) is 5.53. The Balaban J connectivity index is 2.14. The number of piperidine rings is 1. The Morgan fingerprint density at radius 1 is 1.25 bits per heavy atom. The Bertz CT molecular complexity index is 386. The van der Waals surface area contributed by atoms with Crippen molar-refractivity contribution in [3.05, 3.63) is 22.7 Å². The van der Waals surface area contributed by atoms with Gasteiger partial charge in [-0.25, -0.2) is 8.78 Å². The van der Waals surface area contributed by atoms with Gasteiger partial charge < -0.3 is 10.6 Å². The van der Waals surface area contributed by atoms with Gasteiger partial charge in [-0.15, -0.1) is 0 Å². The summed E-state index contributed by atoms with van der Waals surface area (Å²) in [6.07, 6.45) is -0.189. The van der Waals surface area contributed by atoms with Crippen molar-refractivity contribution in [1.82, 2.24) is 0 Å². The first-order valence-electron chi connectivity index (χ1n) is 5.16. The van der Waals surface area contributed by atoms with Gasteiger partial charge in [0.25, 0.3) is 5.92 Å². The molecular formula is C11H13BrF2N2. The molecule has 1 fully saturated rings. The Hall–Kier alpha value is -0.840. The highest BCUT2D eigenvalue weighted by molar-refractivity contribution is 9.10. The van der Waals surface area contributed by atoms with Crippen LogP contribution in [0.1, 0.15) is 12.8 Å². The predicted octanol–water partition coefficient (Wildman–Crippen LogP) is 3.27. The van der Waals surface area contributed by atoms with E-state index in [1.165, 1.54) is 0 Å². The highest BCUT2D eigenvalue weighted by atomic mass is 79.9. The summed E-state index contributed by atoms with van der Waals surface area (Å²) in [4.78, 5) is 1.92. The Morgan fingerprint density at radius 2 is 1.88 bits per heavy atom. The highest BCUT2D eigenvalue weighted by Crippen LogP contribution is 2.33. The Kier molecular flexibility index (Phi) is 3.06. The van der Waals surface area contributed by atoms with Crippen molar-refractivity contribution in [3.63, 3.8) is 0 Å². The van der Waals surface area contributed by atoms with Crippen LogP contribution >= 0.6 is 15.9 Å². The quantitative estimate of drug-likeness (QED) is 0.805. The number of anilines is 2. The number of rotatable bonds is 1. The van der Waals surface area contributed by atoms with Gasteiger partial charge in [-0.05, 0) is 18.2 Å². The van der Waals surface area contributed by atoms with E-state index < -0.39 is 5.92 Å². The molecule has 16 heavy (non-hydrogen) atoms. The first kappa shape index (κ1) is 11.6. The third kappa shape index (κ3) is 2.45. The standard InChI is InChI=1S/C11H13BrF2N2/c12-8-1-2-10(9(15)7-8)16-5-3-11(13,14)4-6-16/h1-2,7H,3-6,15H2. The number of halogens is 3. The maximum Gasteiger partial charge on any atom is 0.251 e. The first-order chi connectivity index (χ1) is 7.48. The van der Waals surface area contributed by atoms with Gasteiger partial charge in [0, 0.05) is 30.4 Å². The van der Waals surface area contributed by atoms with E-state index in [2.05, 4.69) is 15.9 Å². The summed E-state index contributed by atoms with van der Waals surface area (Å²) in [6.45, 7) is 0.720. The minimum atomic E-state index is -2.51. The van der Waals surface area contributed by atoms with E-state index in [0.717, 1.165) is 10.2 Å². The van der Waals surface area contributed by atoms with E-state index in [9.17, 15) is 8.78 Å². The molecule has 1 saturated heterocycles. The zero-order valence-corrected chi connectivity index (χ0v) is 10.3. The van der Waals surface area contributed by atoms with Crippen LogP contribution < -0.4 is 10.6 Å². The molecule has 0 amide bonds. The largest absolute Gasteiger partial charge is 0.397 e. The van der Waals surface area contributed by atoms with Crippen LogP contribution in [0, 0.1) is 0 Å². The summed E-state index contributed by atoms with van der Waals surface area (Å²) in [5.74, 6) is -2.51. The fourth-order valence-corrected chi connectivity index (χ4v) is 2.27. The molecule has 0 aliphatic carbocycles. The maximum atomic E-state index is 13.0. The van der Waals surface area contributed by atoms with Crippen LogP contribution in [0.25, 0.3) is 0 Å². The molecule has 0 bridgehead atoms. The number of benzene rings is 1. The van der Waals surface area contributed by atoms with Gasteiger partial charge in [-0.1, -0.05) is 15.9 Å². The number of nitrogens with two attached hydrogens (primary N) is 1. The average Bonchev–Trinajstić information content (AvgIpc) is 2.19. The van der Waals surface area contributed by atoms with Gasteiger partial charge in [0.1, 0.15) is 0 Å². The summed E-state index contributed by atoms with van der Waals surface area (Å²) < 4.78 is 26.9. The monoisotopic (exact) mass is 290 g/mol. The molecule has 0 radical (unpaired) electrons. The van der Waals surface area contributed by atoms with Gasteiger partial charge in [-0.3, -0.25) is 0 Å². The summed E-state index contributed by atoms with van der Waals surface area (Å²) >= 11 is 3.32. The fourth-order valence-electron chi connectivity index (χ4n) is 1.89. The molecule has 0 saturated carbocycles. The van der Waals surface area contributed by atoms with Crippen LogP contribution in [0.4, 0.5) is 20.2 Å². The molecular weight excluding hydrogens is 278 g/mol. The van der Waals surface area contributed by atoms with Gasteiger partial charge in [-0.2, -0.15) is 0 Å². The lowest BCUT2D eigenvalue weighted by Gasteiger charge is -2.34. The van der Waals surface area contributed by atoms with E-state index in [4.69, 9.17) is 5.73 Å². The van der Waals surface area contributed by atoms with E-state index in [0.29, 0.717) is 18.8 Å². The molecule has 1 aromatic carbocycles. The SMILES string of the molecule is Nc1cc(Br)ccc1N1CCC(F)(F)CC1. The van der Waals surface area contributed by atoms with Gasteiger partial charge in [0.2, 0.25) is 0 Å². The molecule has 0 spiro atoms. The van der Waals surface area contributed by atoms with Crippen molar-refractivity contribution in [1.29, 1.82) is 0 Å². The van der Waals surface area contributed by atoms with E-state index in [1.54, 1.807) is 6.07 Å². The third-order valence-corrected chi connectivity index (χ3v) is 3.32. The number of alkyl halides is 2. The molecule has 1 aliphatic rings. The Labute approximate surface area is 102 Å². The number of hydrogen-bond donors (Lipinski definition) is 1. The topological polar surface area (TPSA) is 29.3 Å². The first-order valence-corrected chi connectivity index (χ1v) is 5.95. The normalized spacial score (nSPS) is 19.8. The van der Waals surface area contributed by atoms with Crippen molar-refractivity contribution in [2.45, 2.75) is 18.8 Å². The van der Waals surface area contributed by atoms with Gasteiger partial charge >= 0.3 is 0 Å². The highest BCUT2D eigenvalue weighted by Gasteiger charge is 2.34. The molecule has 2 N–H and O–H groups in total. The van der Waals surface area contributed by atoms with E-state index in [-0.39, 0.29) is 12.8 Å². The predicted molar refractivity (Wildman–Crippen MR) is 64.9 cm³/mol. The van der Waals surface area contributed by atoms with Gasteiger partial charge in [0.15, 0.2) is 0 Å². The molecule has 0 atom stereocenters. The van der Waals surface area contributed by atoms with Crippen LogP contribution in [0.2, 0.25) is 0 Å². The van der Waals surface area contributed by atoms with Crippen LogP contribution in [0.3, 0.4) is 0 Å². The second-order valence-corrected chi connectivity index (χ2v) is 4.96. The van der Waals surface area contributed by atoms with Crippen LogP contribution in [0.15, 0.2) is 22.7 Å². The van der Waals surface area contributed by atoms with Crippen molar-refractivity contribution in [3.8, 4) is 0 Å². The Morgan fingerprint density at radius 3 is 2.44 bits per heavy atom. The molecule has 5 heteroatoms. The third-order valence-electron chi connectivity index (χ3n) is 2.83.